The average Bonchev–Trinajstić information content (AvgIpc) is 2.46. The molecule has 0 bridgehead atoms. The minimum atomic E-state index is 0.496. The smallest absolute Gasteiger partial charge is 0.0521 e. The van der Waals surface area contributed by atoms with E-state index in [1.165, 1.54) is 28.1 Å². The fourth-order valence-corrected chi connectivity index (χ4v) is 2.65. The first-order chi connectivity index (χ1) is 9.84. The normalized spacial score (nSPS) is 12.6. The van der Waals surface area contributed by atoms with Crippen molar-refractivity contribution in [3.05, 3.63) is 53.4 Å². The van der Waals surface area contributed by atoms with Crippen LogP contribution in [0.1, 0.15) is 77.8 Å². The topological polar surface area (TPSA) is 3.24 Å². The number of rotatable bonds is 6. The number of para-hydroxylation sites is 1. The molecule has 116 valence electrons. The summed E-state index contributed by atoms with van der Waals surface area (Å²) in [5, 5.41) is 0. The van der Waals surface area contributed by atoms with Gasteiger partial charge in [-0.3, -0.25) is 0 Å². The summed E-state index contributed by atoms with van der Waals surface area (Å²) in [7, 11) is 0. The highest BCUT2D eigenvalue weighted by Crippen LogP contribution is 2.37. The predicted octanol–water partition coefficient (Wildman–Crippen LogP) is 6.59. The van der Waals surface area contributed by atoms with Crippen molar-refractivity contribution in [3.8, 4) is 0 Å². The first kappa shape index (κ1) is 17.6. The molecule has 0 spiro atoms. The lowest BCUT2D eigenvalue weighted by atomic mass is 9.91. The van der Waals surface area contributed by atoms with E-state index >= 15 is 0 Å². The zero-order chi connectivity index (χ0) is 16.2. The summed E-state index contributed by atoms with van der Waals surface area (Å²) in [5.74, 6) is 0.992. The van der Waals surface area contributed by atoms with E-state index in [4.69, 9.17) is 0 Å². The van der Waals surface area contributed by atoms with Gasteiger partial charge in [-0.25, -0.2) is 0 Å². The van der Waals surface area contributed by atoms with Gasteiger partial charge in [-0.15, -0.1) is 0 Å². The maximum absolute atomic E-state index is 4.07. The molecule has 0 N–H and O–H groups in total. The molecule has 0 aliphatic carbocycles. The van der Waals surface area contributed by atoms with Crippen molar-refractivity contribution >= 4 is 5.69 Å². The molecule has 0 heterocycles. The van der Waals surface area contributed by atoms with E-state index in [0.717, 1.165) is 6.42 Å². The third-order valence-electron chi connectivity index (χ3n) is 4.28. The van der Waals surface area contributed by atoms with Gasteiger partial charge in [0.25, 0.3) is 0 Å². The Labute approximate surface area is 131 Å². The summed E-state index contributed by atoms with van der Waals surface area (Å²) in [6.07, 6.45) is 3.03. The zero-order valence-electron chi connectivity index (χ0n) is 14.8. The van der Waals surface area contributed by atoms with Gasteiger partial charge in [-0.05, 0) is 43.2 Å². The average molecular weight is 285 g/mol. The van der Waals surface area contributed by atoms with E-state index in [1.54, 1.807) is 0 Å². The molecule has 0 radical (unpaired) electrons. The number of allylic oxidation sites excluding steroid dienone is 2. The van der Waals surface area contributed by atoms with E-state index in [-0.39, 0.29) is 0 Å². The van der Waals surface area contributed by atoms with Gasteiger partial charge in [0.2, 0.25) is 0 Å². The largest absolute Gasteiger partial charge is 0.321 e. The van der Waals surface area contributed by atoms with Crippen molar-refractivity contribution < 1.29 is 0 Å². The molecule has 0 unspecified atom stereocenters. The lowest BCUT2D eigenvalue weighted by Gasteiger charge is -2.30. The number of hydrogen-bond donors (Lipinski definition) is 0. The standard InChI is InChI=1S/C20H31N/c1-9-16(7)17(8)21(10-2)20-18(14(3)4)12-11-13-19(20)15(5)6/h10-15H,2,9H2,1,3-8H3. The number of nitrogens with zero attached hydrogens (tertiary/aromatic N) is 1. The molecule has 1 rings (SSSR count). The Morgan fingerprint density at radius 2 is 1.57 bits per heavy atom. The van der Waals surface area contributed by atoms with E-state index in [2.05, 4.69) is 78.1 Å². The molecule has 1 heteroatoms. The van der Waals surface area contributed by atoms with Crippen LogP contribution in [0.25, 0.3) is 0 Å². The van der Waals surface area contributed by atoms with Crippen LogP contribution in [0, 0.1) is 0 Å². The molecule has 0 aliphatic rings. The highest BCUT2D eigenvalue weighted by Gasteiger charge is 2.19. The van der Waals surface area contributed by atoms with E-state index in [1.807, 2.05) is 6.20 Å². The van der Waals surface area contributed by atoms with Crippen molar-refractivity contribution in [2.45, 2.75) is 66.7 Å². The van der Waals surface area contributed by atoms with Crippen LogP contribution in [0.5, 0.6) is 0 Å². The van der Waals surface area contributed by atoms with Crippen LogP contribution < -0.4 is 4.90 Å². The van der Waals surface area contributed by atoms with Gasteiger partial charge in [0, 0.05) is 11.9 Å². The van der Waals surface area contributed by atoms with Crippen molar-refractivity contribution in [1.29, 1.82) is 0 Å². The first-order valence-electron chi connectivity index (χ1n) is 8.06. The van der Waals surface area contributed by atoms with Gasteiger partial charge in [0.15, 0.2) is 0 Å². The van der Waals surface area contributed by atoms with Gasteiger partial charge in [-0.2, -0.15) is 0 Å². The molecular formula is C20H31N. The fourth-order valence-electron chi connectivity index (χ4n) is 2.65. The summed E-state index contributed by atoms with van der Waals surface area (Å²) < 4.78 is 0. The summed E-state index contributed by atoms with van der Waals surface area (Å²) in [4.78, 5) is 2.28. The molecule has 1 aromatic rings. The third-order valence-corrected chi connectivity index (χ3v) is 4.28. The Kier molecular flexibility index (Phi) is 6.26. The maximum atomic E-state index is 4.07. The van der Waals surface area contributed by atoms with Crippen LogP contribution in [0.3, 0.4) is 0 Å². The lowest BCUT2D eigenvalue weighted by Crippen LogP contribution is -2.19. The third kappa shape index (κ3) is 3.78. The predicted molar refractivity (Wildman–Crippen MR) is 96.0 cm³/mol. The second-order valence-corrected chi connectivity index (χ2v) is 6.37. The molecule has 0 fully saturated rings. The highest BCUT2D eigenvalue weighted by molar-refractivity contribution is 5.67. The Balaban J connectivity index is 3.61. The summed E-state index contributed by atoms with van der Waals surface area (Å²) >= 11 is 0. The SMILES string of the molecule is C=CN(C(C)=C(C)CC)c1c(C(C)C)cccc1C(C)C. The summed E-state index contributed by atoms with van der Waals surface area (Å²) in [6.45, 7) is 19.7. The molecule has 0 atom stereocenters. The molecule has 1 nitrogen and oxygen atoms in total. The number of anilines is 1. The Morgan fingerprint density at radius 1 is 1.10 bits per heavy atom. The zero-order valence-corrected chi connectivity index (χ0v) is 14.8. The summed E-state index contributed by atoms with van der Waals surface area (Å²) in [6, 6.07) is 6.68. The molecule has 0 saturated heterocycles. The molecule has 0 amide bonds. The van der Waals surface area contributed by atoms with Crippen LogP contribution in [-0.4, -0.2) is 0 Å². The van der Waals surface area contributed by atoms with Crippen molar-refractivity contribution in [2.75, 3.05) is 4.90 Å². The molecule has 21 heavy (non-hydrogen) atoms. The monoisotopic (exact) mass is 285 g/mol. The minimum absolute atomic E-state index is 0.496. The minimum Gasteiger partial charge on any atom is -0.321 e. The molecule has 0 aliphatic heterocycles. The number of benzene rings is 1. The molecular weight excluding hydrogens is 254 g/mol. The van der Waals surface area contributed by atoms with Crippen LogP contribution in [0.2, 0.25) is 0 Å². The Hall–Kier alpha value is -1.50. The van der Waals surface area contributed by atoms with Gasteiger partial charge in [-0.1, -0.05) is 65.0 Å². The van der Waals surface area contributed by atoms with Gasteiger partial charge < -0.3 is 4.90 Å². The lowest BCUT2D eigenvalue weighted by molar-refractivity contribution is 0.824. The van der Waals surface area contributed by atoms with Gasteiger partial charge >= 0.3 is 0 Å². The van der Waals surface area contributed by atoms with Crippen LogP contribution >= 0.6 is 0 Å². The van der Waals surface area contributed by atoms with Gasteiger partial charge in [0.05, 0.1) is 5.69 Å². The fraction of sp³-hybridized carbons (Fsp3) is 0.500. The molecule has 0 saturated carbocycles. The molecule has 0 aromatic heterocycles. The highest BCUT2D eigenvalue weighted by atomic mass is 15.1. The van der Waals surface area contributed by atoms with Gasteiger partial charge in [0.1, 0.15) is 0 Å². The quantitative estimate of drug-likeness (QED) is 0.570. The van der Waals surface area contributed by atoms with E-state index in [0.29, 0.717) is 11.8 Å². The van der Waals surface area contributed by atoms with E-state index in [9.17, 15) is 0 Å². The first-order valence-corrected chi connectivity index (χ1v) is 8.06. The second-order valence-electron chi connectivity index (χ2n) is 6.37. The van der Waals surface area contributed by atoms with Crippen LogP contribution in [0.15, 0.2) is 42.2 Å². The molecule has 1 aromatic carbocycles. The van der Waals surface area contributed by atoms with Crippen molar-refractivity contribution in [2.24, 2.45) is 0 Å². The summed E-state index contributed by atoms with van der Waals surface area (Å²) in [5.41, 5.74) is 6.81. The van der Waals surface area contributed by atoms with E-state index < -0.39 is 0 Å². The second kappa shape index (κ2) is 7.49. The van der Waals surface area contributed by atoms with Crippen molar-refractivity contribution in [1.82, 2.24) is 0 Å². The Morgan fingerprint density at radius 3 is 1.90 bits per heavy atom. The Bertz CT molecular complexity index is 494. The van der Waals surface area contributed by atoms with Crippen LogP contribution in [0.4, 0.5) is 5.69 Å². The maximum Gasteiger partial charge on any atom is 0.0521 e. The number of hydrogen-bond acceptors (Lipinski definition) is 1. The van der Waals surface area contributed by atoms with Crippen molar-refractivity contribution in [3.63, 3.8) is 0 Å². The van der Waals surface area contributed by atoms with Crippen LogP contribution in [-0.2, 0) is 0 Å².